The highest BCUT2D eigenvalue weighted by molar-refractivity contribution is 7.99. The van der Waals surface area contributed by atoms with Crippen LogP contribution in [0.5, 0.6) is 0 Å². The van der Waals surface area contributed by atoms with Crippen LogP contribution in [0, 0.1) is 11.8 Å². The molecule has 1 atom stereocenters. The van der Waals surface area contributed by atoms with E-state index in [0.29, 0.717) is 0 Å². The van der Waals surface area contributed by atoms with Crippen LogP contribution in [0.3, 0.4) is 0 Å². The van der Waals surface area contributed by atoms with Crippen molar-refractivity contribution in [1.82, 2.24) is 0 Å². The van der Waals surface area contributed by atoms with Gasteiger partial charge in [0.2, 0.25) is 11.8 Å². The molecule has 2 aromatic carbocycles. The van der Waals surface area contributed by atoms with Gasteiger partial charge < -0.3 is 10.6 Å². The van der Waals surface area contributed by atoms with Crippen molar-refractivity contribution in [3.8, 4) is 0 Å². The molecule has 2 amide bonds. The van der Waals surface area contributed by atoms with Gasteiger partial charge in [-0.25, -0.2) is 0 Å². The zero-order valence-corrected chi connectivity index (χ0v) is 16.6. The van der Waals surface area contributed by atoms with Gasteiger partial charge in [-0.15, -0.1) is 11.8 Å². The molecule has 1 aliphatic rings. The summed E-state index contributed by atoms with van der Waals surface area (Å²) in [6.07, 6.45) is 1.97. The fraction of sp³-hybridized carbons (Fsp3) is 0.364. The summed E-state index contributed by atoms with van der Waals surface area (Å²) in [5.74, 6) is 1.32. The Morgan fingerprint density at radius 3 is 2.11 bits per heavy atom. The number of nitrogens with one attached hydrogen (secondary N) is 2. The summed E-state index contributed by atoms with van der Waals surface area (Å²) in [5, 5.41) is 5.79. The fourth-order valence-corrected chi connectivity index (χ4v) is 3.93. The highest BCUT2D eigenvalue weighted by atomic mass is 32.2. The van der Waals surface area contributed by atoms with Crippen molar-refractivity contribution in [3.05, 3.63) is 60.2 Å². The molecule has 5 heteroatoms. The second-order valence-electron chi connectivity index (χ2n) is 7.29. The third kappa shape index (κ3) is 5.86. The summed E-state index contributed by atoms with van der Waals surface area (Å²) in [7, 11) is 0. The molecule has 3 rings (SSSR count). The van der Waals surface area contributed by atoms with E-state index in [1.165, 1.54) is 5.56 Å². The van der Waals surface area contributed by atoms with E-state index in [9.17, 15) is 9.59 Å². The Morgan fingerprint density at radius 2 is 1.56 bits per heavy atom. The zero-order valence-electron chi connectivity index (χ0n) is 15.8. The number of carbonyl (C=O) groups excluding carboxylic acids is 2. The lowest BCUT2D eigenvalue weighted by atomic mass is 10.1. The third-order valence-electron chi connectivity index (χ3n) is 4.50. The Hall–Kier alpha value is -2.27. The number of amides is 2. The van der Waals surface area contributed by atoms with Crippen LogP contribution < -0.4 is 10.6 Å². The molecule has 1 saturated carbocycles. The van der Waals surface area contributed by atoms with Gasteiger partial charge in [-0.1, -0.05) is 44.2 Å². The van der Waals surface area contributed by atoms with E-state index in [1.807, 2.05) is 42.5 Å². The van der Waals surface area contributed by atoms with Gasteiger partial charge in [0.15, 0.2) is 0 Å². The van der Waals surface area contributed by atoms with E-state index in [0.717, 1.165) is 30.0 Å². The van der Waals surface area contributed by atoms with Crippen LogP contribution in [0.2, 0.25) is 0 Å². The van der Waals surface area contributed by atoms with Gasteiger partial charge in [0.25, 0.3) is 0 Å². The maximum absolute atomic E-state index is 12.7. The van der Waals surface area contributed by atoms with Crippen LogP contribution in [0.25, 0.3) is 0 Å². The molecule has 2 aromatic rings. The predicted molar refractivity (Wildman–Crippen MR) is 113 cm³/mol. The van der Waals surface area contributed by atoms with Gasteiger partial charge in [-0.2, -0.15) is 0 Å². The molecule has 1 fully saturated rings. The number of benzene rings is 2. The molecule has 0 saturated heterocycles. The molecule has 0 heterocycles. The average Bonchev–Trinajstić information content (AvgIpc) is 3.49. The first-order valence-corrected chi connectivity index (χ1v) is 10.4. The molecule has 27 heavy (non-hydrogen) atoms. The summed E-state index contributed by atoms with van der Waals surface area (Å²) >= 11 is 1.66. The number of anilines is 2. The second-order valence-corrected chi connectivity index (χ2v) is 8.42. The number of thioether (sulfide) groups is 1. The molecular weight excluding hydrogens is 356 g/mol. The number of rotatable bonds is 8. The molecule has 1 aliphatic carbocycles. The summed E-state index contributed by atoms with van der Waals surface area (Å²) in [5.41, 5.74) is 2.73. The van der Waals surface area contributed by atoms with E-state index in [-0.39, 0.29) is 28.9 Å². The first kappa shape index (κ1) is 19.5. The highest BCUT2D eigenvalue weighted by Gasteiger charge is 2.29. The lowest BCUT2D eigenvalue weighted by Gasteiger charge is -2.20. The van der Waals surface area contributed by atoms with Gasteiger partial charge in [-0.05, 0) is 48.6 Å². The maximum Gasteiger partial charge on any atom is 0.237 e. The van der Waals surface area contributed by atoms with E-state index >= 15 is 0 Å². The van der Waals surface area contributed by atoms with Crippen molar-refractivity contribution >= 4 is 35.0 Å². The molecule has 0 radical (unpaired) electrons. The number of carbonyl (C=O) groups is 2. The average molecular weight is 383 g/mol. The minimum atomic E-state index is -0.126. The Bertz CT molecular complexity index is 771. The van der Waals surface area contributed by atoms with E-state index in [4.69, 9.17) is 0 Å². The zero-order chi connectivity index (χ0) is 19.2. The molecule has 0 bridgehead atoms. The van der Waals surface area contributed by atoms with Crippen molar-refractivity contribution in [2.45, 2.75) is 37.7 Å². The van der Waals surface area contributed by atoms with Crippen molar-refractivity contribution < 1.29 is 9.59 Å². The van der Waals surface area contributed by atoms with E-state index in [2.05, 4.69) is 36.6 Å². The molecule has 2 N–H and O–H groups in total. The van der Waals surface area contributed by atoms with Crippen LogP contribution in [-0.2, 0) is 15.3 Å². The predicted octanol–water partition coefficient (Wildman–Crippen LogP) is 4.93. The van der Waals surface area contributed by atoms with Crippen molar-refractivity contribution in [3.63, 3.8) is 0 Å². The summed E-state index contributed by atoms with van der Waals surface area (Å²) in [6.45, 7) is 4.14. The minimum Gasteiger partial charge on any atom is -0.326 e. The quantitative estimate of drug-likeness (QED) is 0.680. The normalized spacial score (nSPS) is 14.6. The van der Waals surface area contributed by atoms with Gasteiger partial charge in [0.05, 0.1) is 5.25 Å². The smallest absolute Gasteiger partial charge is 0.237 e. The lowest BCUT2D eigenvalue weighted by Crippen LogP contribution is -2.29. The fourth-order valence-electron chi connectivity index (χ4n) is 2.77. The van der Waals surface area contributed by atoms with E-state index in [1.54, 1.807) is 11.8 Å². The van der Waals surface area contributed by atoms with Crippen LogP contribution in [0.1, 0.15) is 32.3 Å². The number of hydrogen-bond donors (Lipinski definition) is 2. The maximum atomic E-state index is 12.7. The summed E-state index contributed by atoms with van der Waals surface area (Å²) < 4.78 is 0. The molecule has 0 spiro atoms. The Labute approximate surface area is 165 Å². The molecule has 142 valence electrons. The molecule has 0 aliphatic heterocycles. The van der Waals surface area contributed by atoms with Gasteiger partial charge in [-0.3, -0.25) is 9.59 Å². The molecular formula is C22H26N2O2S. The number of hydrogen-bond acceptors (Lipinski definition) is 3. The molecule has 1 unspecified atom stereocenters. The topological polar surface area (TPSA) is 58.2 Å². The monoisotopic (exact) mass is 382 g/mol. The Morgan fingerprint density at radius 1 is 0.963 bits per heavy atom. The first-order chi connectivity index (χ1) is 13.0. The Balaban J connectivity index is 1.55. The van der Waals surface area contributed by atoms with Crippen molar-refractivity contribution in [2.75, 3.05) is 10.6 Å². The van der Waals surface area contributed by atoms with Gasteiger partial charge in [0, 0.05) is 23.0 Å². The van der Waals surface area contributed by atoms with Gasteiger partial charge >= 0.3 is 0 Å². The minimum absolute atomic E-state index is 0.0145. The second kappa shape index (κ2) is 9.09. The first-order valence-electron chi connectivity index (χ1n) is 9.40. The van der Waals surface area contributed by atoms with Crippen LogP contribution in [-0.4, -0.2) is 17.1 Å². The highest BCUT2D eigenvalue weighted by Crippen LogP contribution is 2.30. The largest absolute Gasteiger partial charge is 0.326 e. The molecule has 0 aromatic heterocycles. The van der Waals surface area contributed by atoms with Crippen molar-refractivity contribution in [2.24, 2.45) is 11.8 Å². The van der Waals surface area contributed by atoms with Crippen LogP contribution in [0.4, 0.5) is 11.4 Å². The summed E-state index contributed by atoms with van der Waals surface area (Å²) in [4.78, 5) is 24.5. The van der Waals surface area contributed by atoms with Crippen LogP contribution in [0.15, 0.2) is 54.6 Å². The molecule has 4 nitrogen and oxygen atoms in total. The Kier molecular flexibility index (Phi) is 6.56. The van der Waals surface area contributed by atoms with Crippen LogP contribution >= 0.6 is 11.8 Å². The van der Waals surface area contributed by atoms with Gasteiger partial charge in [0.1, 0.15) is 0 Å². The standard InChI is InChI=1S/C22H26N2O2S/c1-15(2)20(27-14-16-6-4-3-5-7-16)22(26)24-19-12-10-18(11-13-19)23-21(25)17-8-9-17/h3-7,10-13,15,17,20H,8-9,14H2,1-2H3,(H,23,25)(H,24,26). The SMILES string of the molecule is CC(C)C(SCc1ccccc1)C(=O)Nc1ccc(NC(=O)C2CC2)cc1. The summed E-state index contributed by atoms with van der Waals surface area (Å²) in [6, 6.07) is 17.5. The van der Waals surface area contributed by atoms with Crippen molar-refractivity contribution in [1.29, 1.82) is 0 Å². The third-order valence-corrected chi connectivity index (χ3v) is 6.12. The lowest BCUT2D eigenvalue weighted by molar-refractivity contribution is -0.117. The van der Waals surface area contributed by atoms with E-state index < -0.39 is 0 Å².